The van der Waals surface area contributed by atoms with Crippen LogP contribution in [0, 0.1) is 17.0 Å². The number of hydrogen-bond acceptors (Lipinski definition) is 4. The normalized spacial score (nSPS) is 11.2. The van der Waals surface area contributed by atoms with Crippen molar-refractivity contribution in [1.82, 2.24) is 5.32 Å². The van der Waals surface area contributed by atoms with E-state index in [9.17, 15) is 23.7 Å². The van der Waals surface area contributed by atoms with Crippen molar-refractivity contribution in [3.63, 3.8) is 0 Å². The van der Waals surface area contributed by atoms with Crippen molar-refractivity contribution in [1.29, 1.82) is 0 Å². The van der Waals surface area contributed by atoms with Gasteiger partial charge in [-0.3, -0.25) is 14.9 Å². The minimum atomic E-state index is -3.24. The maximum atomic E-state index is 12.9. The second kappa shape index (κ2) is 5.70. The van der Waals surface area contributed by atoms with E-state index in [1.807, 2.05) is 5.32 Å². The van der Waals surface area contributed by atoms with E-state index in [0.29, 0.717) is 5.56 Å². The van der Waals surface area contributed by atoms with Gasteiger partial charge in [0.2, 0.25) is 0 Å². The van der Waals surface area contributed by atoms with Crippen LogP contribution in [0.25, 0.3) is 0 Å². The zero-order valence-corrected chi connectivity index (χ0v) is 10.2. The minimum Gasteiger partial charge on any atom is -0.346 e. The van der Waals surface area contributed by atoms with Gasteiger partial charge in [-0.1, -0.05) is 12.1 Å². The summed E-state index contributed by atoms with van der Waals surface area (Å²) in [5, 5.41) is 12.7. The summed E-state index contributed by atoms with van der Waals surface area (Å²) in [6.45, 7) is -0.389. The van der Waals surface area contributed by atoms with Crippen molar-refractivity contribution in [3.8, 4) is 0 Å². The van der Waals surface area contributed by atoms with E-state index in [0.717, 1.165) is 6.07 Å². The lowest BCUT2D eigenvalue weighted by Gasteiger charge is -2.15. The number of halogens is 2. The summed E-state index contributed by atoms with van der Waals surface area (Å²) in [4.78, 5) is 21.8. The first kappa shape index (κ1) is 15.0. The summed E-state index contributed by atoms with van der Waals surface area (Å²) >= 11 is 0. The molecule has 0 fully saturated rings. The van der Waals surface area contributed by atoms with Gasteiger partial charge in [-0.15, -0.1) is 0 Å². The molecule has 0 atom stereocenters. The van der Waals surface area contributed by atoms with Crippen LogP contribution in [0.1, 0.15) is 15.9 Å². The Morgan fingerprint density at radius 3 is 2.68 bits per heavy atom. The van der Waals surface area contributed by atoms with E-state index < -0.39 is 35.5 Å². The van der Waals surface area contributed by atoms with E-state index in [4.69, 9.17) is 5.73 Å². The van der Waals surface area contributed by atoms with Gasteiger partial charge in [0.05, 0.1) is 18.0 Å². The van der Waals surface area contributed by atoms with Crippen LogP contribution in [-0.2, 0) is 0 Å². The summed E-state index contributed by atoms with van der Waals surface area (Å²) in [5.74, 6) is -4.16. The molecule has 1 aromatic carbocycles. The van der Waals surface area contributed by atoms with E-state index in [2.05, 4.69) is 0 Å². The van der Waals surface area contributed by atoms with E-state index in [-0.39, 0.29) is 5.56 Å². The van der Waals surface area contributed by atoms with Gasteiger partial charge in [-0.25, -0.2) is 8.78 Å². The molecule has 0 unspecified atom stereocenters. The molecule has 0 saturated carbocycles. The predicted molar refractivity (Wildman–Crippen MR) is 64.2 cm³/mol. The van der Waals surface area contributed by atoms with Crippen LogP contribution >= 0.6 is 0 Å². The molecule has 0 aromatic heterocycles. The highest BCUT2D eigenvalue weighted by Crippen LogP contribution is 2.22. The van der Waals surface area contributed by atoms with Gasteiger partial charge >= 0.3 is 0 Å². The summed E-state index contributed by atoms with van der Waals surface area (Å²) < 4.78 is 25.8. The summed E-state index contributed by atoms with van der Waals surface area (Å²) in [5.41, 5.74) is 4.52. The fourth-order valence-electron chi connectivity index (χ4n) is 1.47. The SMILES string of the molecule is Cc1cccc([N+](=O)[O-])c1C(=O)NCC(F)(F)CN. The summed E-state index contributed by atoms with van der Waals surface area (Å²) in [7, 11) is 0. The number of nitro groups is 1. The third-order valence-corrected chi connectivity index (χ3v) is 2.48. The van der Waals surface area contributed by atoms with Gasteiger partial charge in [0.15, 0.2) is 0 Å². The third kappa shape index (κ3) is 3.68. The van der Waals surface area contributed by atoms with Crippen molar-refractivity contribution in [2.24, 2.45) is 5.73 Å². The average Bonchev–Trinajstić information content (AvgIpc) is 2.35. The number of aryl methyl sites for hydroxylation is 1. The number of nitrogens with zero attached hydrogens (tertiary/aromatic N) is 1. The van der Waals surface area contributed by atoms with Crippen LogP contribution in [0.15, 0.2) is 18.2 Å². The number of benzene rings is 1. The molecule has 0 radical (unpaired) electrons. The minimum absolute atomic E-state index is 0.222. The number of carbonyl (C=O) groups is 1. The highest BCUT2D eigenvalue weighted by molar-refractivity contribution is 5.99. The molecule has 1 aromatic rings. The van der Waals surface area contributed by atoms with Crippen LogP contribution in [0.4, 0.5) is 14.5 Å². The first-order valence-corrected chi connectivity index (χ1v) is 5.38. The Balaban J connectivity index is 2.97. The van der Waals surface area contributed by atoms with E-state index in [1.165, 1.54) is 19.1 Å². The third-order valence-electron chi connectivity index (χ3n) is 2.48. The largest absolute Gasteiger partial charge is 0.346 e. The zero-order valence-electron chi connectivity index (χ0n) is 10.2. The molecule has 0 bridgehead atoms. The molecule has 0 spiro atoms. The van der Waals surface area contributed by atoms with Crippen molar-refractivity contribution in [3.05, 3.63) is 39.4 Å². The molecule has 8 heteroatoms. The zero-order chi connectivity index (χ0) is 14.6. The Hall–Kier alpha value is -2.09. The molecule has 1 amide bonds. The van der Waals surface area contributed by atoms with Crippen molar-refractivity contribution in [2.45, 2.75) is 12.8 Å². The molecular formula is C11H13F2N3O3. The maximum Gasteiger partial charge on any atom is 0.282 e. The number of amides is 1. The molecule has 0 aliphatic carbocycles. The number of nitro benzene ring substituents is 1. The summed E-state index contributed by atoms with van der Waals surface area (Å²) in [6, 6.07) is 4.05. The fourth-order valence-corrected chi connectivity index (χ4v) is 1.47. The molecule has 104 valence electrons. The topological polar surface area (TPSA) is 98.3 Å². The molecule has 0 aliphatic heterocycles. The Kier molecular flexibility index (Phi) is 4.49. The smallest absolute Gasteiger partial charge is 0.282 e. The first-order valence-electron chi connectivity index (χ1n) is 5.38. The molecular weight excluding hydrogens is 260 g/mol. The Bertz CT molecular complexity index is 506. The second-order valence-electron chi connectivity index (χ2n) is 3.97. The number of hydrogen-bond donors (Lipinski definition) is 2. The van der Waals surface area contributed by atoms with Gasteiger partial charge in [-0.2, -0.15) is 0 Å². The van der Waals surface area contributed by atoms with Gasteiger partial charge in [-0.05, 0) is 12.5 Å². The van der Waals surface area contributed by atoms with Crippen LogP contribution in [0.5, 0.6) is 0 Å². The first-order chi connectivity index (χ1) is 8.78. The molecule has 0 saturated heterocycles. The molecule has 0 heterocycles. The van der Waals surface area contributed by atoms with Crippen LogP contribution in [-0.4, -0.2) is 29.8 Å². The Labute approximate surface area is 107 Å². The van der Waals surface area contributed by atoms with E-state index in [1.54, 1.807) is 0 Å². The molecule has 19 heavy (non-hydrogen) atoms. The molecule has 3 N–H and O–H groups in total. The predicted octanol–water partition coefficient (Wildman–Crippen LogP) is 1.23. The van der Waals surface area contributed by atoms with Gasteiger partial charge in [0.25, 0.3) is 17.5 Å². The highest BCUT2D eigenvalue weighted by Gasteiger charge is 2.29. The van der Waals surface area contributed by atoms with Crippen molar-refractivity contribution >= 4 is 11.6 Å². The Morgan fingerprint density at radius 1 is 1.53 bits per heavy atom. The standard InChI is InChI=1S/C11H13F2N3O3/c1-7-3-2-4-8(16(18)19)9(7)10(17)15-6-11(12,13)5-14/h2-4H,5-6,14H2,1H3,(H,15,17). The number of carbonyl (C=O) groups excluding carboxylic acids is 1. The lowest BCUT2D eigenvalue weighted by atomic mass is 10.1. The summed E-state index contributed by atoms with van der Waals surface area (Å²) in [6.07, 6.45) is 0. The lowest BCUT2D eigenvalue weighted by Crippen LogP contribution is -2.41. The van der Waals surface area contributed by atoms with Gasteiger partial charge in [0.1, 0.15) is 5.56 Å². The van der Waals surface area contributed by atoms with E-state index >= 15 is 0 Å². The van der Waals surface area contributed by atoms with Crippen LogP contribution < -0.4 is 11.1 Å². The maximum absolute atomic E-state index is 12.9. The number of rotatable bonds is 5. The van der Waals surface area contributed by atoms with Crippen LogP contribution in [0.2, 0.25) is 0 Å². The second-order valence-corrected chi connectivity index (χ2v) is 3.97. The number of nitrogens with two attached hydrogens (primary N) is 1. The van der Waals surface area contributed by atoms with Crippen LogP contribution in [0.3, 0.4) is 0 Å². The van der Waals surface area contributed by atoms with Crippen molar-refractivity contribution in [2.75, 3.05) is 13.1 Å². The lowest BCUT2D eigenvalue weighted by molar-refractivity contribution is -0.385. The molecule has 6 nitrogen and oxygen atoms in total. The van der Waals surface area contributed by atoms with Gasteiger partial charge < -0.3 is 11.1 Å². The molecule has 0 aliphatic rings. The van der Waals surface area contributed by atoms with Crippen molar-refractivity contribution < 1.29 is 18.5 Å². The monoisotopic (exact) mass is 273 g/mol. The molecule has 1 rings (SSSR count). The fraction of sp³-hybridized carbons (Fsp3) is 0.364. The quantitative estimate of drug-likeness (QED) is 0.622. The Morgan fingerprint density at radius 2 is 2.16 bits per heavy atom. The average molecular weight is 273 g/mol. The number of nitrogens with one attached hydrogen (secondary N) is 1. The highest BCUT2D eigenvalue weighted by atomic mass is 19.3. The van der Waals surface area contributed by atoms with Gasteiger partial charge in [0, 0.05) is 6.07 Å². The number of alkyl halides is 2.